The predicted molar refractivity (Wildman–Crippen MR) is 79.4 cm³/mol. The summed E-state index contributed by atoms with van der Waals surface area (Å²) < 4.78 is 10.6. The van der Waals surface area contributed by atoms with Crippen molar-refractivity contribution in [2.45, 2.75) is 12.5 Å². The summed E-state index contributed by atoms with van der Waals surface area (Å²) in [5.74, 6) is 1.53. The third-order valence-corrected chi connectivity index (χ3v) is 3.91. The molecule has 1 heterocycles. The number of hydrogen-bond acceptors (Lipinski definition) is 4. The van der Waals surface area contributed by atoms with Gasteiger partial charge in [0.25, 0.3) is 0 Å². The summed E-state index contributed by atoms with van der Waals surface area (Å²) in [6.45, 7) is 0. The predicted octanol–water partition coefficient (Wildman–Crippen LogP) is 3.27. The number of likely N-dealkylation sites (N-methyl/N-ethyl adjacent to an activating group) is 1. The Morgan fingerprint density at radius 2 is 1.95 bits per heavy atom. The fourth-order valence-electron chi connectivity index (χ4n) is 2.10. The lowest BCUT2D eigenvalue weighted by atomic mass is 10.0. The molecule has 0 bridgehead atoms. The van der Waals surface area contributed by atoms with Crippen molar-refractivity contribution in [2.24, 2.45) is 0 Å². The normalized spacial score (nSPS) is 12.2. The maximum absolute atomic E-state index is 5.36. The molecule has 2 rings (SSSR count). The summed E-state index contributed by atoms with van der Waals surface area (Å²) in [6.07, 6.45) is 0.968. The van der Waals surface area contributed by atoms with Gasteiger partial charge in [-0.05, 0) is 53.6 Å². The maximum Gasteiger partial charge on any atom is 0.161 e. The molecule has 0 aliphatic heterocycles. The van der Waals surface area contributed by atoms with E-state index in [1.54, 1.807) is 25.6 Å². The molecule has 1 aromatic carbocycles. The molecule has 0 spiro atoms. The van der Waals surface area contributed by atoms with Gasteiger partial charge in [-0.3, -0.25) is 0 Å². The molecule has 1 atom stereocenters. The van der Waals surface area contributed by atoms with E-state index in [4.69, 9.17) is 9.47 Å². The van der Waals surface area contributed by atoms with Crippen molar-refractivity contribution in [1.29, 1.82) is 0 Å². The molecule has 1 aromatic heterocycles. The van der Waals surface area contributed by atoms with Crippen LogP contribution in [0.15, 0.2) is 35.0 Å². The van der Waals surface area contributed by atoms with Crippen LogP contribution in [-0.2, 0) is 6.42 Å². The lowest BCUT2D eigenvalue weighted by Crippen LogP contribution is -2.18. The third kappa shape index (κ3) is 3.28. The van der Waals surface area contributed by atoms with Gasteiger partial charge in [-0.1, -0.05) is 6.07 Å². The van der Waals surface area contributed by atoms with E-state index in [9.17, 15) is 0 Å². The Morgan fingerprint density at radius 1 is 1.16 bits per heavy atom. The second-order valence-electron chi connectivity index (χ2n) is 4.29. The molecular weight excluding hydrogens is 258 g/mol. The van der Waals surface area contributed by atoms with Crippen molar-refractivity contribution in [2.75, 3.05) is 21.3 Å². The largest absolute Gasteiger partial charge is 0.493 e. The van der Waals surface area contributed by atoms with Crippen LogP contribution in [-0.4, -0.2) is 21.3 Å². The van der Waals surface area contributed by atoms with Crippen molar-refractivity contribution >= 4 is 11.3 Å². The summed E-state index contributed by atoms with van der Waals surface area (Å²) >= 11 is 1.73. The Morgan fingerprint density at radius 3 is 2.53 bits per heavy atom. The van der Waals surface area contributed by atoms with Crippen LogP contribution in [0.2, 0.25) is 0 Å². The van der Waals surface area contributed by atoms with Crippen LogP contribution >= 0.6 is 11.3 Å². The summed E-state index contributed by atoms with van der Waals surface area (Å²) in [6, 6.07) is 8.50. The first-order valence-electron chi connectivity index (χ1n) is 6.18. The van der Waals surface area contributed by atoms with Crippen LogP contribution < -0.4 is 14.8 Å². The zero-order valence-electron chi connectivity index (χ0n) is 11.5. The second kappa shape index (κ2) is 6.59. The van der Waals surface area contributed by atoms with Gasteiger partial charge < -0.3 is 14.8 Å². The van der Waals surface area contributed by atoms with E-state index in [0.717, 1.165) is 17.9 Å². The molecular formula is C15H19NO2S. The highest BCUT2D eigenvalue weighted by Gasteiger charge is 2.13. The monoisotopic (exact) mass is 277 g/mol. The van der Waals surface area contributed by atoms with Gasteiger partial charge >= 0.3 is 0 Å². The highest BCUT2D eigenvalue weighted by Crippen LogP contribution is 2.31. The van der Waals surface area contributed by atoms with Crippen LogP contribution in [0.1, 0.15) is 17.2 Å². The zero-order chi connectivity index (χ0) is 13.7. The minimum Gasteiger partial charge on any atom is -0.493 e. The van der Waals surface area contributed by atoms with Gasteiger partial charge in [0.2, 0.25) is 0 Å². The minimum absolute atomic E-state index is 0.273. The molecule has 1 unspecified atom stereocenters. The number of hydrogen-bond donors (Lipinski definition) is 1. The molecule has 0 amide bonds. The molecule has 4 heteroatoms. The van der Waals surface area contributed by atoms with Gasteiger partial charge in [-0.2, -0.15) is 11.3 Å². The van der Waals surface area contributed by atoms with E-state index in [-0.39, 0.29) is 6.04 Å². The Kier molecular flexibility index (Phi) is 4.82. The fraction of sp³-hybridized carbons (Fsp3) is 0.333. The molecule has 19 heavy (non-hydrogen) atoms. The first-order chi connectivity index (χ1) is 9.28. The Bertz CT molecular complexity index is 511. The quantitative estimate of drug-likeness (QED) is 0.879. The Balaban J connectivity index is 2.23. The summed E-state index contributed by atoms with van der Waals surface area (Å²) in [5.41, 5.74) is 2.55. The molecule has 3 nitrogen and oxygen atoms in total. The van der Waals surface area contributed by atoms with Crippen molar-refractivity contribution in [3.05, 3.63) is 46.2 Å². The molecule has 0 aliphatic rings. The summed E-state index contributed by atoms with van der Waals surface area (Å²) in [7, 11) is 5.29. The van der Waals surface area contributed by atoms with Gasteiger partial charge in [0.05, 0.1) is 14.2 Å². The van der Waals surface area contributed by atoms with Crippen molar-refractivity contribution in [1.82, 2.24) is 5.32 Å². The van der Waals surface area contributed by atoms with Crippen molar-refractivity contribution in [3.63, 3.8) is 0 Å². The highest BCUT2D eigenvalue weighted by molar-refractivity contribution is 7.07. The minimum atomic E-state index is 0.273. The number of ether oxygens (including phenoxy) is 2. The first-order valence-corrected chi connectivity index (χ1v) is 7.13. The molecule has 0 saturated heterocycles. The average Bonchev–Trinajstić information content (AvgIpc) is 2.97. The van der Waals surface area contributed by atoms with Gasteiger partial charge in [0, 0.05) is 6.04 Å². The average molecular weight is 277 g/mol. The van der Waals surface area contributed by atoms with Crippen LogP contribution in [0.5, 0.6) is 11.5 Å². The smallest absolute Gasteiger partial charge is 0.161 e. The topological polar surface area (TPSA) is 30.5 Å². The van der Waals surface area contributed by atoms with Crippen LogP contribution in [0, 0.1) is 0 Å². The molecule has 0 fully saturated rings. The molecule has 0 radical (unpaired) electrons. The number of rotatable bonds is 6. The Labute approximate surface area is 118 Å². The molecule has 0 aliphatic carbocycles. The number of benzene rings is 1. The lowest BCUT2D eigenvalue weighted by molar-refractivity contribution is 0.354. The van der Waals surface area contributed by atoms with Crippen LogP contribution in [0.25, 0.3) is 0 Å². The van der Waals surface area contributed by atoms with Crippen LogP contribution in [0.3, 0.4) is 0 Å². The molecule has 2 aromatic rings. The number of thiophene rings is 1. The fourth-order valence-corrected chi connectivity index (χ4v) is 2.78. The second-order valence-corrected chi connectivity index (χ2v) is 5.07. The SMILES string of the molecule is CNC(Cc1ccsc1)c1ccc(OC)c(OC)c1. The third-order valence-electron chi connectivity index (χ3n) is 3.18. The van der Waals surface area contributed by atoms with E-state index in [0.29, 0.717) is 0 Å². The standard InChI is InChI=1S/C15H19NO2S/c1-16-13(8-11-6-7-19-10-11)12-4-5-14(17-2)15(9-12)18-3/h4-7,9-10,13,16H,8H2,1-3H3. The summed E-state index contributed by atoms with van der Waals surface area (Å²) in [5, 5.41) is 7.65. The van der Waals surface area contributed by atoms with E-state index < -0.39 is 0 Å². The van der Waals surface area contributed by atoms with Crippen molar-refractivity contribution < 1.29 is 9.47 Å². The van der Waals surface area contributed by atoms with Gasteiger partial charge in [0.15, 0.2) is 11.5 Å². The molecule has 0 saturated carbocycles. The molecule has 102 valence electrons. The van der Waals surface area contributed by atoms with Gasteiger partial charge in [-0.25, -0.2) is 0 Å². The summed E-state index contributed by atoms with van der Waals surface area (Å²) in [4.78, 5) is 0. The zero-order valence-corrected chi connectivity index (χ0v) is 12.3. The maximum atomic E-state index is 5.36. The van der Waals surface area contributed by atoms with Gasteiger partial charge in [0.1, 0.15) is 0 Å². The van der Waals surface area contributed by atoms with Crippen molar-refractivity contribution in [3.8, 4) is 11.5 Å². The van der Waals surface area contributed by atoms with Crippen LogP contribution in [0.4, 0.5) is 0 Å². The molecule has 1 N–H and O–H groups in total. The Hall–Kier alpha value is -1.52. The number of methoxy groups -OCH3 is 2. The van der Waals surface area contributed by atoms with E-state index in [1.165, 1.54) is 11.1 Å². The van der Waals surface area contributed by atoms with E-state index in [1.807, 2.05) is 19.2 Å². The lowest BCUT2D eigenvalue weighted by Gasteiger charge is -2.18. The van der Waals surface area contributed by atoms with E-state index >= 15 is 0 Å². The van der Waals surface area contributed by atoms with Gasteiger partial charge in [-0.15, -0.1) is 0 Å². The highest BCUT2D eigenvalue weighted by atomic mass is 32.1. The first kappa shape index (κ1) is 13.9. The van der Waals surface area contributed by atoms with E-state index in [2.05, 4.69) is 28.2 Å². The number of nitrogens with one attached hydrogen (secondary N) is 1.